The topological polar surface area (TPSA) is 80.9 Å². The van der Waals surface area contributed by atoms with Crippen LogP contribution >= 0.6 is 0 Å². The second-order valence-electron chi connectivity index (χ2n) is 4.86. The van der Waals surface area contributed by atoms with E-state index in [1.807, 2.05) is 30.3 Å². The molecule has 0 saturated heterocycles. The number of hydrogen-bond donors (Lipinski definition) is 4. The average Bonchev–Trinajstić information content (AvgIpc) is 2.59. The second kappa shape index (κ2) is 7.87. The van der Waals surface area contributed by atoms with Gasteiger partial charge in [0, 0.05) is 5.56 Å². The number of rotatable bonds is 2. The molecule has 0 aliphatic rings. The standard InChI is InChI=1S/C12H10O2.C7H8O2/c13-11-8-4-7-10(12(11)14)9-5-2-1-3-6-9;8-5-6-1-3-7(9)4-2-6/h1-8,13-14H;1-4,8-9H,5H2. The van der Waals surface area contributed by atoms with Crippen LogP contribution in [0.3, 0.4) is 0 Å². The molecule has 3 aromatic carbocycles. The minimum atomic E-state index is -0.0913. The van der Waals surface area contributed by atoms with Gasteiger partial charge in [0.1, 0.15) is 5.75 Å². The fourth-order valence-corrected chi connectivity index (χ4v) is 1.98. The molecule has 23 heavy (non-hydrogen) atoms. The highest BCUT2D eigenvalue weighted by molar-refractivity contribution is 5.72. The van der Waals surface area contributed by atoms with Gasteiger partial charge in [-0.2, -0.15) is 0 Å². The van der Waals surface area contributed by atoms with Crippen LogP contribution in [0.25, 0.3) is 11.1 Å². The molecule has 4 heteroatoms. The summed E-state index contributed by atoms with van der Waals surface area (Å²) in [7, 11) is 0. The van der Waals surface area contributed by atoms with Crippen LogP contribution in [0.15, 0.2) is 72.8 Å². The summed E-state index contributed by atoms with van der Waals surface area (Å²) in [6.45, 7) is 0.0281. The Hall–Kier alpha value is -2.98. The molecule has 0 aliphatic heterocycles. The van der Waals surface area contributed by atoms with Gasteiger partial charge in [-0.15, -0.1) is 0 Å². The molecule has 4 N–H and O–H groups in total. The van der Waals surface area contributed by atoms with Crippen LogP contribution in [0.4, 0.5) is 0 Å². The first-order valence-corrected chi connectivity index (χ1v) is 7.07. The fraction of sp³-hybridized carbons (Fsp3) is 0.0526. The number of benzene rings is 3. The van der Waals surface area contributed by atoms with E-state index in [1.54, 1.807) is 36.4 Å². The fourth-order valence-electron chi connectivity index (χ4n) is 1.98. The predicted molar refractivity (Wildman–Crippen MR) is 89.2 cm³/mol. The Morgan fingerprint density at radius 1 is 0.652 bits per heavy atom. The van der Waals surface area contributed by atoms with E-state index in [2.05, 4.69) is 0 Å². The van der Waals surface area contributed by atoms with Crippen molar-refractivity contribution in [1.82, 2.24) is 0 Å². The highest BCUT2D eigenvalue weighted by atomic mass is 16.3. The van der Waals surface area contributed by atoms with E-state index in [1.165, 1.54) is 6.07 Å². The van der Waals surface area contributed by atoms with Crippen molar-refractivity contribution >= 4 is 0 Å². The SMILES string of the molecule is OCc1ccc(O)cc1.Oc1cccc(-c2ccccc2)c1O. The second-order valence-corrected chi connectivity index (χ2v) is 4.86. The number of aliphatic hydroxyl groups excluding tert-OH is 1. The molecular formula is C19H18O4. The molecule has 4 nitrogen and oxygen atoms in total. The van der Waals surface area contributed by atoms with Crippen molar-refractivity contribution in [2.75, 3.05) is 0 Å². The first-order valence-electron chi connectivity index (χ1n) is 7.07. The summed E-state index contributed by atoms with van der Waals surface area (Å²) in [4.78, 5) is 0. The Morgan fingerprint density at radius 3 is 1.91 bits per heavy atom. The van der Waals surface area contributed by atoms with Gasteiger partial charge in [0.05, 0.1) is 6.61 Å². The third-order valence-electron chi connectivity index (χ3n) is 3.22. The minimum Gasteiger partial charge on any atom is -0.508 e. The summed E-state index contributed by atoms with van der Waals surface area (Å²) in [5, 5.41) is 36.2. The third kappa shape index (κ3) is 4.49. The van der Waals surface area contributed by atoms with Crippen molar-refractivity contribution in [3.8, 4) is 28.4 Å². The predicted octanol–water partition coefficient (Wildman–Crippen LogP) is 3.65. The van der Waals surface area contributed by atoms with Crippen LogP contribution < -0.4 is 0 Å². The third-order valence-corrected chi connectivity index (χ3v) is 3.22. The lowest BCUT2D eigenvalue weighted by Gasteiger charge is -2.05. The normalized spacial score (nSPS) is 9.78. The molecule has 0 fully saturated rings. The maximum absolute atomic E-state index is 9.60. The van der Waals surface area contributed by atoms with Gasteiger partial charge >= 0.3 is 0 Å². The number of aromatic hydroxyl groups is 3. The molecule has 118 valence electrons. The van der Waals surface area contributed by atoms with Gasteiger partial charge in [-0.1, -0.05) is 54.6 Å². The first kappa shape index (κ1) is 16.4. The van der Waals surface area contributed by atoms with Crippen molar-refractivity contribution in [2.24, 2.45) is 0 Å². The highest BCUT2D eigenvalue weighted by Gasteiger charge is 2.06. The van der Waals surface area contributed by atoms with Gasteiger partial charge in [-0.05, 0) is 29.3 Å². The van der Waals surface area contributed by atoms with E-state index in [4.69, 9.17) is 10.2 Å². The number of hydrogen-bond acceptors (Lipinski definition) is 4. The zero-order chi connectivity index (χ0) is 16.7. The molecule has 0 heterocycles. The van der Waals surface area contributed by atoms with E-state index in [0.717, 1.165) is 11.1 Å². The molecule has 0 unspecified atom stereocenters. The molecule has 0 aliphatic carbocycles. The summed E-state index contributed by atoms with van der Waals surface area (Å²) in [5.41, 5.74) is 2.35. The largest absolute Gasteiger partial charge is 0.508 e. The lowest BCUT2D eigenvalue weighted by molar-refractivity contribution is 0.281. The molecule has 3 rings (SSSR count). The Morgan fingerprint density at radius 2 is 1.30 bits per heavy atom. The first-order chi connectivity index (χ1) is 11.1. The Labute approximate surface area is 134 Å². The average molecular weight is 310 g/mol. The molecule has 0 saturated carbocycles. The molecule has 3 aromatic rings. The molecule has 0 radical (unpaired) electrons. The van der Waals surface area contributed by atoms with Crippen molar-refractivity contribution < 1.29 is 20.4 Å². The lowest BCUT2D eigenvalue weighted by atomic mass is 10.0. The molecule has 0 atom stereocenters. The van der Waals surface area contributed by atoms with E-state index in [9.17, 15) is 10.2 Å². The summed E-state index contributed by atoms with van der Waals surface area (Å²) >= 11 is 0. The number of phenolic OH excluding ortho intramolecular Hbond substituents is 3. The van der Waals surface area contributed by atoms with Crippen LogP contribution in [0.2, 0.25) is 0 Å². The highest BCUT2D eigenvalue weighted by Crippen LogP contribution is 2.35. The van der Waals surface area contributed by atoms with E-state index in [-0.39, 0.29) is 23.9 Å². The smallest absolute Gasteiger partial charge is 0.165 e. The summed E-state index contributed by atoms with van der Waals surface area (Å²) in [5.74, 6) is 0.0669. The maximum Gasteiger partial charge on any atom is 0.165 e. The van der Waals surface area contributed by atoms with Crippen molar-refractivity contribution in [2.45, 2.75) is 6.61 Å². The number of phenols is 3. The minimum absolute atomic E-state index is 0.0281. The number of aliphatic hydroxyl groups is 1. The summed E-state index contributed by atoms with van der Waals surface area (Å²) in [6, 6.07) is 20.8. The zero-order valence-electron chi connectivity index (χ0n) is 12.4. The van der Waals surface area contributed by atoms with Crippen molar-refractivity contribution in [1.29, 1.82) is 0 Å². The van der Waals surface area contributed by atoms with Gasteiger partial charge in [-0.25, -0.2) is 0 Å². The van der Waals surface area contributed by atoms with Crippen molar-refractivity contribution in [3.63, 3.8) is 0 Å². The Balaban J connectivity index is 0.000000185. The van der Waals surface area contributed by atoms with Crippen molar-refractivity contribution in [3.05, 3.63) is 78.4 Å². The van der Waals surface area contributed by atoms with E-state index in [0.29, 0.717) is 5.56 Å². The Kier molecular flexibility index (Phi) is 5.61. The summed E-state index contributed by atoms with van der Waals surface area (Å²) in [6.07, 6.45) is 0. The molecule has 0 spiro atoms. The van der Waals surface area contributed by atoms with Crippen LogP contribution in [-0.4, -0.2) is 20.4 Å². The van der Waals surface area contributed by atoms with Crippen LogP contribution in [-0.2, 0) is 6.61 Å². The maximum atomic E-state index is 9.60. The van der Waals surface area contributed by atoms with Gasteiger partial charge in [-0.3, -0.25) is 0 Å². The quantitative estimate of drug-likeness (QED) is 0.545. The Bertz CT molecular complexity index is 737. The molecule has 0 aromatic heterocycles. The summed E-state index contributed by atoms with van der Waals surface area (Å²) < 4.78 is 0. The number of para-hydroxylation sites is 1. The monoisotopic (exact) mass is 310 g/mol. The molecular weight excluding hydrogens is 292 g/mol. The van der Waals surface area contributed by atoms with Gasteiger partial charge < -0.3 is 20.4 Å². The van der Waals surface area contributed by atoms with Gasteiger partial charge in [0.15, 0.2) is 11.5 Å². The lowest BCUT2D eigenvalue weighted by Crippen LogP contribution is -1.78. The van der Waals surface area contributed by atoms with Crippen LogP contribution in [0.1, 0.15) is 5.56 Å². The van der Waals surface area contributed by atoms with Crippen LogP contribution in [0.5, 0.6) is 17.2 Å². The molecule has 0 bridgehead atoms. The zero-order valence-corrected chi connectivity index (χ0v) is 12.4. The van der Waals surface area contributed by atoms with Gasteiger partial charge in [0.25, 0.3) is 0 Å². The van der Waals surface area contributed by atoms with E-state index >= 15 is 0 Å². The molecule has 0 amide bonds. The van der Waals surface area contributed by atoms with Crippen LogP contribution in [0, 0.1) is 0 Å². The van der Waals surface area contributed by atoms with Gasteiger partial charge in [0.2, 0.25) is 0 Å². The van der Waals surface area contributed by atoms with E-state index < -0.39 is 0 Å².